The van der Waals surface area contributed by atoms with Gasteiger partial charge in [-0.05, 0) is 25.5 Å². The number of amides is 1. The van der Waals surface area contributed by atoms with Crippen molar-refractivity contribution in [3.8, 4) is 5.75 Å². The molecule has 0 aliphatic heterocycles. The number of carbonyl (C=O) groups excluding carboxylic acids is 1. The molecule has 0 aliphatic carbocycles. The molecule has 0 aliphatic rings. The summed E-state index contributed by atoms with van der Waals surface area (Å²) in [5.41, 5.74) is 1.87. The van der Waals surface area contributed by atoms with Crippen LogP contribution >= 0.6 is 11.3 Å². The number of hydrogen-bond donors (Lipinski definition) is 3. The van der Waals surface area contributed by atoms with E-state index in [0.717, 1.165) is 23.1 Å². The highest BCUT2D eigenvalue weighted by atomic mass is 32.1. The zero-order valence-electron chi connectivity index (χ0n) is 13.8. The van der Waals surface area contributed by atoms with Crippen LogP contribution in [0.25, 0.3) is 0 Å². The fourth-order valence-electron chi connectivity index (χ4n) is 2.25. The number of hydrogen-bond acceptors (Lipinski definition) is 6. The monoisotopic (exact) mass is 376 g/mol. The van der Waals surface area contributed by atoms with Gasteiger partial charge in [0.2, 0.25) is 0 Å². The first-order chi connectivity index (χ1) is 12.3. The number of nitrogens with zero attached hydrogens (tertiary/aromatic N) is 2. The molecule has 0 atom stereocenters. The third-order valence-electron chi connectivity index (χ3n) is 3.65. The first-order valence-corrected chi connectivity index (χ1v) is 8.31. The fraction of sp³-hybridized carbons (Fsp3) is 0.118. The quantitative estimate of drug-likeness (QED) is 0.637. The van der Waals surface area contributed by atoms with E-state index in [1.807, 2.05) is 6.92 Å². The van der Waals surface area contributed by atoms with E-state index < -0.39 is 17.5 Å². The Morgan fingerprint density at radius 3 is 2.69 bits per heavy atom. The van der Waals surface area contributed by atoms with Gasteiger partial charge in [0.25, 0.3) is 5.91 Å². The normalized spacial score (nSPS) is 10.6. The number of halogens is 2. The van der Waals surface area contributed by atoms with Crippen LogP contribution in [0, 0.1) is 25.5 Å². The van der Waals surface area contributed by atoms with E-state index >= 15 is 0 Å². The Kier molecular flexibility index (Phi) is 4.81. The molecule has 9 heteroatoms. The second-order valence-corrected chi connectivity index (χ2v) is 6.52. The zero-order valence-corrected chi connectivity index (χ0v) is 14.6. The molecule has 0 bridgehead atoms. The molecule has 0 radical (unpaired) electrons. The van der Waals surface area contributed by atoms with E-state index in [9.17, 15) is 18.7 Å². The number of rotatable bonds is 4. The molecule has 3 rings (SSSR count). The third kappa shape index (κ3) is 3.62. The summed E-state index contributed by atoms with van der Waals surface area (Å²) in [6, 6.07) is 3.95. The van der Waals surface area contributed by atoms with Gasteiger partial charge in [-0.2, -0.15) is 0 Å². The van der Waals surface area contributed by atoms with Crippen LogP contribution in [-0.2, 0) is 0 Å². The number of pyridine rings is 1. The molecule has 0 spiro atoms. The van der Waals surface area contributed by atoms with E-state index in [1.54, 1.807) is 19.1 Å². The molecule has 0 fully saturated rings. The predicted octanol–water partition coefficient (Wildman–Crippen LogP) is 4.13. The van der Waals surface area contributed by atoms with Crippen molar-refractivity contribution in [3.63, 3.8) is 0 Å². The lowest BCUT2D eigenvalue weighted by atomic mass is 10.1. The summed E-state index contributed by atoms with van der Waals surface area (Å²) >= 11 is 0.987. The number of phenols is 1. The zero-order chi connectivity index (χ0) is 18.8. The summed E-state index contributed by atoms with van der Waals surface area (Å²) in [5, 5.41) is 15.4. The first kappa shape index (κ1) is 17.7. The van der Waals surface area contributed by atoms with Gasteiger partial charge in [0.15, 0.2) is 16.8 Å². The van der Waals surface area contributed by atoms with Crippen molar-refractivity contribution >= 4 is 33.9 Å². The van der Waals surface area contributed by atoms with Crippen molar-refractivity contribution in [1.29, 1.82) is 0 Å². The molecule has 0 saturated carbocycles. The average molecular weight is 376 g/mol. The van der Waals surface area contributed by atoms with E-state index in [2.05, 4.69) is 20.6 Å². The molecule has 2 heterocycles. The summed E-state index contributed by atoms with van der Waals surface area (Å²) in [6.45, 7) is 3.51. The number of aromatic nitrogens is 2. The molecule has 3 aromatic rings. The maximum Gasteiger partial charge on any atom is 0.267 e. The number of phenolic OH excluding ortho intramolecular Hbond substituents is 1. The second kappa shape index (κ2) is 7.04. The van der Waals surface area contributed by atoms with Gasteiger partial charge in [0, 0.05) is 11.6 Å². The number of nitrogens with one attached hydrogen (secondary N) is 2. The van der Waals surface area contributed by atoms with Gasteiger partial charge < -0.3 is 15.7 Å². The highest BCUT2D eigenvalue weighted by Gasteiger charge is 2.16. The van der Waals surface area contributed by atoms with Crippen LogP contribution in [0.2, 0.25) is 0 Å². The molecule has 134 valence electrons. The summed E-state index contributed by atoms with van der Waals surface area (Å²) in [6.07, 6.45) is 2.21. The Morgan fingerprint density at radius 1 is 1.19 bits per heavy atom. The molecule has 3 N–H and O–H groups in total. The van der Waals surface area contributed by atoms with Crippen molar-refractivity contribution in [3.05, 3.63) is 58.2 Å². The van der Waals surface area contributed by atoms with E-state index in [0.29, 0.717) is 17.3 Å². The molecular weight excluding hydrogens is 362 g/mol. The molecule has 0 saturated heterocycles. The number of benzene rings is 1. The van der Waals surface area contributed by atoms with E-state index in [-0.39, 0.29) is 21.6 Å². The molecule has 1 amide bonds. The molecule has 0 unspecified atom stereocenters. The van der Waals surface area contributed by atoms with Crippen LogP contribution in [0.5, 0.6) is 5.75 Å². The lowest BCUT2D eigenvalue weighted by Gasteiger charge is -2.11. The van der Waals surface area contributed by atoms with Crippen molar-refractivity contribution in [1.82, 2.24) is 9.97 Å². The lowest BCUT2D eigenvalue weighted by Crippen LogP contribution is -2.12. The van der Waals surface area contributed by atoms with Crippen LogP contribution < -0.4 is 10.6 Å². The number of thiazole rings is 1. The molecular formula is C17H14F2N4O2S. The van der Waals surface area contributed by atoms with Gasteiger partial charge in [0.05, 0.1) is 18.1 Å². The topological polar surface area (TPSA) is 87.1 Å². The highest BCUT2D eigenvalue weighted by molar-refractivity contribution is 7.17. The van der Waals surface area contributed by atoms with Gasteiger partial charge in [0.1, 0.15) is 16.4 Å². The number of aryl methyl sites for hydroxylation is 1. The lowest BCUT2D eigenvalue weighted by molar-refractivity contribution is 0.103. The van der Waals surface area contributed by atoms with Crippen LogP contribution in [0.4, 0.5) is 25.4 Å². The maximum atomic E-state index is 13.6. The van der Waals surface area contributed by atoms with Gasteiger partial charge in [-0.3, -0.25) is 4.79 Å². The SMILES string of the molecule is Cc1ccc(O)c(C)c1NC(=O)c1cnc(Nc2ncc(F)cc2F)s1. The fourth-order valence-corrected chi connectivity index (χ4v) is 2.96. The van der Waals surface area contributed by atoms with Crippen molar-refractivity contribution < 1.29 is 18.7 Å². The van der Waals surface area contributed by atoms with E-state index in [1.165, 1.54) is 6.20 Å². The molecule has 6 nitrogen and oxygen atoms in total. The van der Waals surface area contributed by atoms with Gasteiger partial charge in [-0.1, -0.05) is 17.4 Å². The Bertz CT molecular complexity index is 991. The van der Waals surface area contributed by atoms with E-state index in [4.69, 9.17) is 0 Å². The Balaban J connectivity index is 1.77. The Hall–Kier alpha value is -3.07. The summed E-state index contributed by atoms with van der Waals surface area (Å²) < 4.78 is 26.5. The van der Waals surface area contributed by atoms with Crippen molar-refractivity contribution in [2.24, 2.45) is 0 Å². The largest absolute Gasteiger partial charge is 0.508 e. The van der Waals surface area contributed by atoms with Crippen molar-refractivity contribution in [2.75, 3.05) is 10.6 Å². The van der Waals surface area contributed by atoms with Gasteiger partial charge >= 0.3 is 0 Å². The molecule has 1 aromatic carbocycles. The number of aromatic hydroxyl groups is 1. The maximum absolute atomic E-state index is 13.6. The second-order valence-electron chi connectivity index (χ2n) is 5.49. The minimum Gasteiger partial charge on any atom is -0.508 e. The summed E-state index contributed by atoms with van der Waals surface area (Å²) in [7, 11) is 0. The Labute approximate surface area is 151 Å². The third-order valence-corrected chi connectivity index (χ3v) is 4.56. The van der Waals surface area contributed by atoms with Crippen LogP contribution in [0.3, 0.4) is 0 Å². The highest BCUT2D eigenvalue weighted by Crippen LogP contribution is 2.29. The average Bonchev–Trinajstić information content (AvgIpc) is 3.06. The van der Waals surface area contributed by atoms with Crippen LogP contribution in [0.15, 0.2) is 30.6 Å². The molecule has 2 aromatic heterocycles. The number of anilines is 3. The van der Waals surface area contributed by atoms with Crippen LogP contribution in [-0.4, -0.2) is 21.0 Å². The summed E-state index contributed by atoms with van der Waals surface area (Å²) in [4.78, 5) is 20.3. The van der Waals surface area contributed by atoms with Gasteiger partial charge in [-0.15, -0.1) is 0 Å². The predicted molar refractivity (Wildman–Crippen MR) is 95.1 cm³/mol. The minimum absolute atomic E-state index is 0.0791. The first-order valence-electron chi connectivity index (χ1n) is 7.49. The standard InChI is InChI=1S/C17H14F2N4O2S/c1-8-3-4-12(24)9(2)14(8)22-16(25)13-7-21-17(26-13)23-15-11(19)5-10(18)6-20-15/h3-7,24H,1-2H3,(H,22,25)(H,20,21,23). The molecule has 26 heavy (non-hydrogen) atoms. The van der Waals surface area contributed by atoms with Crippen molar-refractivity contribution in [2.45, 2.75) is 13.8 Å². The number of carbonyl (C=O) groups is 1. The smallest absolute Gasteiger partial charge is 0.267 e. The minimum atomic E-state index is -0.864. The van der Waals surface area contributed by atoms with Gasteiger partial charge in [-0.25, -0.2) is 18.7 Å². The summed E-state index contributed by atoms with van der Waals surface area (Å²) in [5.74, 6) is -2.18. The Morgan fingerprint density at radius 2 is 1.96 bits per heavy atom. The van der Waals surface area contributed by atoms with Crippen LogP contribution in [0.1, 0.15) is 20.8 Å².